The molecule has 0 atom stereocenters. The Morgan fingerprint density at radius 1 is 1.14 bits per heavy atom. The van der Waals surface area contributed by atoms with E-state index in [2.05, 4.69) is 22.8 Å². The number of likely N-dealkylation sites (tertiary alicyclic amines) is 2. The molecule has 0 aromatic carbocycles. The van der Waals surface area contributed by atoms with Gasteiger partial charge in [0.15, 0.2) is 0 Å². The lowest BCUT2D eigenvalue weighted by Gasteiger charge is -2.40. The zero-order chi connectivity index (χ0) is 14.7. The fourth-order valence-electron chi connectivity index (χ4n) is 3.81. The third-order valence-electron chi connectivity index (χ3n) is 5.13. The fourth-order valence-corrected chi connectivity index (χ4v) is 4.74. The van der Waals surface area contributed by atoms with E-state index in [4.69, 9.17) is 5.73 Å². The minimum atomic E-state index is 0.683. The lowest BCUT2D eigenvalue weighted by molar-refractivity contribution is 0.0896. The molecular formula is C17H29N3S. The van der Waals surface area contributed by atoms with Gasteiger partial charge in [-0.2, -0.15) is 0 Å². The highest BCUT2D eigenvalue weighted by atomic mass is 32.1. The Hall–Kier alpha value is -0.420. The van der Waals surface area contributed by atoms with E-state index in [-0.39, 0.29) is 0 Å². The molecule has 3 heterocycles. The summed E-state index contributed by atoms with van der Waals surface area (Å²) < 4.78 is 0. The van der Waals surface area contributed by atoms with E-state index in [1.165, 1.54) is 73.6 Å². The maximum absolute atomic E-state index is 5.76. The lowest BCUT2D eigenvalue weighted by Crippen LogP contribution is -2.46. The van der Waals surface area contributed by atoms with Crippen LogP contribution in [0.4, 0.5) is 0 Å². The van der Waals surface area contributed by atoms with Gasteiger partial charge in [0, 0.05) is 28.9 Å². The zero-order valence-corrected chi connectivity index (χ0v) is 14.1. The van der Waals surface area contributed by atoms with Gasteiger partial charge in [-0.3, -0.25) is 4.90 Å². The molecule has 1 aromatic heterocycles. The van der Waals surface area contributed by atoms with Crippen LogP contribution in [-0.2, 0) is 13.1 Å². The molecule has 0 spiro atoms. The molecule has 0 unspecified atom stereocenters. The molecule has 3 rings (SSSR count). The SMILES string of the molecule is Cc1sc(CN)cc1CN1CCC(N2CCCCC2)CC1. The number of hydrogen-bond acceptors (Lipinski definition) is 4. The van der Waals surface area contributed by atoms with E-state index in [0.29, 0.717) is 6.54 Å². The van der Waals surface area contributed by atoms with Gasteiger partial charge in [0.25, 0.3) is 0 Å². The van der Waals surface area contributed by atoms with Crippen LogP contribution in [0.15, 0.2) is 6.07 Å². The summed E-state index contributed by atoms with van der Waals surface area (Å²) in [4.78, 5) is 8.17. The number of nitrogens with zero attached hydrogens (tertiary/aromatic N) is 2. The predicted molar refractivity (Wildman–Crippen MR) is 90.7 cm³/mol. The van der Waals surface area contributed by atoms with Crippen molar-refractivity contribution in [2.45, 2.75) is 58.2 Å². The first-order valence-electron chi connectivity index (χ1n) is 8.51. The van der Waals surface area contributed by atoms with Crippen molar-refractivity contribution in [3.05, 3.63) is 21.4 Å². The Kier molecular flexibility index (Phi) is 5.33. The van der Waals surface area contributed by atoms with Crippen molar-refractivity contribution < 1.29 is 0 Å². The highest BCUT2D eigenvalue weighted by Crippen LogP contribution is 2.25. The summed E-state index contributed by atoms with van der Waals surface area (Å²) in [5, 5.41) is 0. The predicted octanol–water partition coefficient (Wildman–Crippen LogP) is 2.97. The molecule has 118 valence electrons. The van der Waals surface area contributed by atoms with Crippen LogP contribution >= 0.6 is 11.3 Å². The van der Waals surface area contributed by atoms with Gasteiger partial charge in [0.2, 0.25) is 0 Å². The van der Waals surface area contributed by atoms with E-state index in [0.717, 1.165) is 12.6 Å². The van der Waals surface area contributed by atoms with E-state index in [9.17, 15) is 0 Å². The van der Waals surface area contributed by atoms with Crippen molar-refractivity contribution in [3.8, 4) is 0 Å². The second-order valence-corrected chi connectivity index (χ2v) is 7.94. The molecule has 2 N–H and O–H groups in total. The molecule has 3 nitrogen and oxygen atoms in total. The maximum atomic E-state index is 5.76. The van der Waals surface area contributed by atoms with Gasteiger partial charge in [-0.05, 0) is 70.4 Å². The van der Waals surface area contributed by atoms with Crippen LogP contribution in [0.2, 0.25) is 0 Å². The number of nitrogens with two attached hydrogens (primary N) is 1. The molecule has 2 aliphatic heterocycles. The quantitative estimate of drug-likeness (QED) is 0.928. The average Bonchev–Trinajstić information content (AvgIpc) is 2.89. The lowest BCUT2D eigenvalue weighted by atomic mass is 9.99. The van der Waals surface area contributed by atoms with Crippen molar-refractivity contribution >= 4 is 11.3 Å². The first-order valence-corrected chi connectivity index (χ1v) is 9.32. The van der Waals surface area contributed by atoms with Crippen LogP contribution in [0.1, 0.15) is 47.4 Å². The summed E-state index contributed by atoms with van der Waals surface area (Å²) in [5.41, 5.74) is 7.25. The monoisotopic (exact) mass is 307 g/mol. The van der Waals surface area contributed by atoms with Gasteiger partial charge >= 0.3 is 0 Å². The molecule has 1 aromatic rings. The van der Waals surface area contributed by atoms with Gasteiger partial charge in [0.1, 0.15) is 0 Å². The second-order valence-electron chi connectivity index (χ2n) is 6.60. The third kappa shape index (κ3) is 3.86. The molecule has 0 amide bonds. The normalized spacial score (nSPS) is 22.8. The van der Waals surface area contributed by atoms with Crippen LogP contribution in [0, 0.1) is 6.92 Å². The zero-order valence-electron chi connectivity index (χ0n) is 13.3. The van der Waals surface area contributed by atoms with Crippen LogP contribution < -0.4 is 5.73 Å². The molecular weight excluding hydrogens is 278 g/mol. The first kappa shape index (κ1) is 15.5. The molecule has 2 saturated heterocycles. The van der Waals surface area contributed by atoms with Crippen molar-refractivity contribution in [2.24, 2.45) is 5.73 Å². The van der Waals surface area contributed by atoms with Crippen molar-refractivity contribution in [2.75, 3.05) is 26.2 Å². The largest absolute Gasteiger partial charge is 0.326 e. The van der Waals surface area contributed by atoms with E-state index >= 15 is 0 Å². The van der Waals surface area contributed by atoms with Gasteiger partial charge in [-0.25, -0.2) is 0 Å². The Morgan fingerprint density at radius 3 is 2.48 bits per heavy atom. The first-order chi connectivity index (χ1) is 10.3. The molecule has 2 fully saturated rings. The van der Waals surface area contributed by atoms with Crippen LogP contribution in [-0.4, -0.2) is 42.0 Å². The molecule has 0 saturated carbocycles. The van der Waals surface area contributed by atoms with Crippen molar-refractivity contribution in [3.63, 3.8) is 0 Å². The molecule has 0 bridgehead atoms. The Morgan fingerprint density at radius 2 is 1.86 bits per heavy atom. The molecule has 0 aliphatic carbocycles. The highest BCUT2D eigenvalue weighted by Gasteiger charge is 2.25. The van der Waals surface area contributed by atoms with Gasteiger partial charge in [-0.1, -0.05) is 6.42 Å². The number of rotatable bonds is 4. The number of hydrogen-bond donors (Lipinski definition) is 1. The van der Waals surface area contributed by atoms with E-state index in [1.807, 2.05) is 11.3 Å². The molecule has 0 radical (unpaired) electrons. The summed E-state index contributed by atoms with van der Waals surface area (Å²) >= 11 is 1.87. The smallest absolute Gasteiger partial charge is 0.0274 e. The minimum Gasteiger partial charge on any atom is -0.326 e. The van der Waals surface area contributed by atoms with E-state index < -0.39 is 0 Å². The van der Waals surface area contributed by atoms with Crippen molar-refractivity contribution in [1.29, 1.82) is 0 Å². The van der Waals surface area contributed by atoms with Crippen LogP contribution in [0.25, 0.3) is 0 Å². The number of thiophene rings is 1. The fraction of sp³-hybridized carbons (Fsp3) is 0.765. The average molecular weight is 308 g/mol. The highest BCUT2D eigenvalue weighted by molar-refractivity contribution is 7.12. The Labute approximate surface area is 133 Å². The van der Waals surface area contributed by atoms with Crippen molar-refractivity contribution in [1.82, 2.24) is 9.80 Å². The van der Waals surface area contributed by atoms with Crippen LogP contribution in [0.3, 0.4) is 0 Å². The Balaban J connectivity index is 1.50. The van der Waals surface area contributed by atoms with Gasteiger partial charge in [0.05, 0.1) is 0 Å². The topological polar surface area (TPSA) is 32.5 Å². The minimum absolute atomic E-state index is 0.683. The Bertz CT molecular complexity index is 443. The summed E-state index contributed by atoms with van der Waals surface area (Å²) in [6.07, 6.45) is 6.97. The van der Waals surface area contributed by atoms with Crippen LogP contribution in [0.5, 0.6) is 0 Å². The summed E-state index contributed by atoms with van der Waals surface area (Å²) in [5.74, 6) is 0. The summed E-state index contributed by atoms with van der Waals surface area (Å²) in [7, 11) is 0. The van der Waals surface area contributed by atoms with E-state index in [1.54, 1.807) is 0 Å². The number of aryl methyl sites for hydroxylation is 1. The summed E-state index contributed by atoms with van der Waals surface area (Å²) in [6, 6.07) is 3.17. The second kappa shape index (κ2) is 7.23. The maximum Gasteiger partial charge on any atom is 0.0274 e. The van der Waals surface area contributed by atoms with Gasteiger partial charge in [-0.15, -0.1) is 11.3 Å². The number of piperidine rings is 2. The van der Waals surface area contributed by atoms with Gasteiger partial charge < -0.3 is 10.6 Å². The molecule has 21 heavy (non-hydrogen) atoms. The molecule has 2 aliphatic rings. The summed E-state index contributed by atoms with van der Waals surface area (Å²) in [6.45, 7) is 9.24. The standard InChI is InChI=1S/C17H29N3S/c1-14-15(11-17(12-18)21-14)13-19-9-5-16(6-10-19)20-7-3-2-4-8-20/h11,16H,2-10,12-13,18H2,1H3. The third-order valence-corrected chi connectivity index (χ3v) is 6.25. The molecule has 4 heteroatoms.